The van der Waals surface area contributed by atoms with Gasteiger partial charge >= 0.3 is 15.6 Å². The molecule has 288 valence electrons. The van der Waals surface area contributed by atoms with Crippen LogP contribution in [0.3, 0.4) is 0 Å². The fourth-order valence-corrected chi connectivity index (χ4v) is 8.28. The number of alkyl halides is 3. The number of rotatable bonds is 8. The fourth-order valence-electron chi connectivity index (χ4n) is 7.83. The van der Waals surface area contributed by atoms with Crippen LogP contribution in [0.2, 0.25) is 0 Å². The molecule has 0 fully saturated rings. The maximum absolute atomic E-state index is 13.8. The third kappa shape index (κ3) is 6.23. The quantitative estimate of drug-likeness (QED) is 0.112. The van der Waals surface area contributed by atoms with Gasteiger partial charge in [-0.05, 0) is 77.4 Å². The summed E-state index contributed by atoms with van der Waals surface area (Å²) in [4.78, 5) is 6.20. The lowest BCUT2D eigenvalue weighted by Gasteiger charge is -2.26. The van der Waals surface area contributed by atoms with Gasteiger partial charge < -0.3 is 18.1 Å². The second-order valence-electron chi connectivity index (χ2n) is 14.0. The van der Waals surface area contributed by atoms with Crippen LogP contribution in [-0.2, 0) is 10.1 Å². The largest absolute Gasteiger partial charge is 0.534 e. The zero-order valence-electron chi connectivity index (χ0n) is 30.8. The fraction of sp³-hybridized carbons (Fsp3) is 0.0208. The molecule has 0 aliphatic rings. The molecule has 59 heavy (non-hydrogen) atoms. The third-order valence-electron chi connectivity index (χ3n) is 10.4. The lowest BCUT2D eigenvalue weighted by atomic mass is 9.99. The van der Waals surface area contributed by atoms with Crippen molar-refractivity contribution in [2.24, 2.45) is 0 Å². The number of furan rings is 1. The van der Waals surface area contributed by atoms with Crippen LogP contribution in [0.25, 0.3) is 71.7 Å². The molecule has 0 aliphatic heterocycles. The Labute approximate surface area is 335 Å². The SMILES string of the molecule is O=S(=O)(Oc1cc(N(c2ccccc2)c2ccc(-c3ccccc3)cc2)c2oc3ccc(-c4cccc5c6ccccc6n(-c6cccnc6)c45)cc3c2c1)C(F)(F)F. The van der Waals surface area contributed by atoms with Crippen molar-refractivity contribution in [3.05, 3.63) is 182 Å². The summed E-state index contributed by atoms with van der Waals surface area (Å²) in [5.74, 6) is -0.529. The number of anilines is 3. The molecule has 0 atom stereocenters. The molecule has 10 aromatic rings. The number of aromatic nitrogens is 2. The Balaban J connectivity index is 1.22. The first-order valence-electron chi connectivity index (χ1n) is 18.6. The number of fused-ring (bicyclic) bond motifs is 6. The van der Waals surface area contributed by atoms with Gasteiger partial charge in [0.15, 0.2) is 5.58 Å². The average Bonchev–Trinajstić information content (AvgIpc) is 3.80. The molecule has 7 aromatic carbocycles. The summed E-state index contributed by atoms with van der Waals surface area (Å²) >= 11 is 0. The van der Waals surface area contributed by atoms with Crippen LogP contribution >= 0.6 is 0 Å². The highest BCUT2D eigenvalue weighted by atomic mass is 32.2. The van der Waals surface area contributed by atoms with Gasteiger partial charge in [0.2, 0.25) is 0 Å². The molecule has 11 heteroatoms. The zero-order chi connectivity index (χ0) is 40.3. The van der Waals surface area contributed by atoms with Crippen molar-refractivity contribution < 1.29 is 30.2 Å². The molecule has 3 heterocycles. The molecule has 0 bridgehead atoms. The molecule has 7 nitrogen and oxygen atoms in total. The Bertz CT molecular complexity index is 3300. The molecule has 0 amide bonds. The smallest absolute Gasteiger partial charge is 0.454 e. The van der Waals surface area contributed by atoms with Gasteiger partial charge in [0, 0.05) is 50.7 Å². The molecule has 0 saturated carbocycles. The summed E-state index contributed by atoms with van der Waals surface area (Å²) in [5.41, 5.74) is 3.09. The number of para-hydroxylation sites is 3. The van der Waals surface area contributed by atoms with Crippen LogP contribution in [0.4, 0.5) is 30.2 Å². The standard InChI is InChI=1S/C48H30F3N3O4S/c49-48(50,51)59(55,56)58-37-28-42-41-27-33(38-17-9-18-40-39-16-7-8-19-43(39)54(46(38)40)36-15-10-26-52-30-36)22-25-45(41)57-47(42)44(29-37)53(34-13-5-2-6-14-34)35-23-20-32(21-24-35)31-11-3-1-4-12-31/h1-30H. The first-order chi connectivity index (χ1) is 28.6. The zero-order valence-corrected chi connectivity index (χ0v) is 31.7. The Morgan fingerprint density at radius 1 is 0.610 bits per heavy atom. The van der Waals surface area contributed by atoms with Crippen LogP contribution < -0.4 is 9.08 Å². The highest BCUT2D eigenvalue weighted by Crippen LogP contribution is 2.47. The number of nitrogens with zero attached hydrogens (tertiary/aromatic N) is 3. The monoisotopic (exact) mass is 801 g/mol. The van der Waals surface area contributed by atoms with Gasteiger partial charge in [-0.25, -0.2) is 0 Å². The highest BCUT2D eigenvalue weighted by molar-refractivity contribution is 7.88. The molecule has 10 rings (SSSR count). The van der Waals surface area contributed by atoms with E-state index in [1.54, 1.807) is 17.3 Å². The maximum Gasteiger partial charge on any atom is 0.534 e. The van der Waals surface area contributed by atoms with Crippen molar-refractivity contribution >= 4 is 70.9 Å². The van der Waals surface area contributed by atoms with Gasteiger partial charge in [-0.1, -0.05) is 103 Å². The molecular formula is C48H30F3N3O4S. The number of pyridine rings is 1. The van der Waals surface area contributed by atoms with Crippen LogP contribution in [0.1, 0.15) is 0 Å². The molecule has 0 saturated heterocycles. The topological polar surface area (TPSA) is 77.6 Å². The minimum atomic E-state index is -6.04. The molecule has 0 N–H and O–H groups in total. The van der Waals surface area contributed by atoms with E-state index in [1.807, 2.05) is 140 Å². The van der Waals surface area contributed by atoms with Gasteiger partial charge in [0.25, 0.3) is 0 Å². The predicted octanol–water partition coefficient (Wildman–Crippen LogP) is 13.1. The second-order valence-corrected chi connectivity index (χ2v) is 15.5. The van der Waals surface area contributed by atoms with Crippen molar-refractivity contribution in [3.8, 4) is 33.7 Å². The lowest BCUT2D eigenvalue weighted by Crippen LogP contribution is -2.28. The van der Waals surface area contributed by atoms with Crippen LogP contribution in [-0.4, -0.2) is 23.5 Å². The predicted molar refractivity (Wildman–Crippen MR) is 227 cm³/mol. The number of benzene rings is 7. The van der Waals surface area contributed by atoms with E-state index < -0.39 is 21.4 Å². The van der Waals surface area contributed by atoms with E-state index in [9.17, 15) is 21.6 Å². The summed E-state index contributed by atoms with van der Waals surface area (Å²) in [7, 11) is -6.04. The van der Waals surface area contributed by atoms with E-state index in [0.29, 0.717) is 33.3 Å². The molecule has 3 aromatic heterocycles. The molecular weight excluding hydrogens is 772 g/mol. The van der Waals surface area contributed by atoms with Crippen LogP contribution in [0, 0.1) is 0 Å². The Hall–Kier alpha value is -7.37. The van der Waals surface area contributed by atoms with Gasteiger partial charge in [-0.3, -0.25) is 4.98 Å². The summed E-state index contributed by atoms with van der Waals surface area (Å²) in [6.07, 6.45) is 3.53. The van der Waals surface area contributed by atoms with Crippen LogP contribution in [0.5, 0.6) is 5.75 Å². The number of halogens is 3. The van der Waals surface area contributed by atoms with E-state index >= 15 is 0 Å². The van der Waals surface area contributed by atoms with Gasteiger partial charge in [-0.2, -0.15) is 21.6 Å². The van der Waals surface area contributed by atoms with Crippen LogP contribution in [0.15, 0.2) is 187 Å². The average molecular weight is 802 g/mol. The van der Waals surface area contributed by atoms with Gasteiger partial charge in [0.05, 0.1) is 28.6 Å². The normalized spacial score (nSPS) is 12.1. The number of hydrogen-bond acceptors (Lipinski definition) is 6. The van der Waals surface area contributed by atoms with Gasteiger partial charge in [0.1, 0.15) is 11.3 Å². The maximum atomic E-state index is 13.8. The van der Waals surface area contributed by atoms with Crippen molar-refractivity contribution in [3.63, 3.8) is 0 Å². The Kier molecular flexibility index (Phi) is 8.50. The minimum absolute atomic E-state index is 0.269. The Morgan fingerprint density at radius 2 is 1.29 bits per heavy atom. The first-order valence-corrected chi connectivity index (χ1v) is 20.0. The van der Waals surface area contributed by atoms with Crippen molar-refractivity contribution in [1.82, 2.24) is 9.55 Å². The molecule has 0 unspecified atom stereocenters. The second kappa shape index (κ2) is 13.9. The van der Waals surface area contributed by atoms with E-state index in [-0.39, 0.29) is 5.69 Å². The number of hydrogen-bond donors (Lipinski definition) is 0. The van der Waals surface area contributed by atoms with Gasteiger partial charge in [-0.15, -0.1) is 0 Å². The van der Waals surface area contributed by atoms with E-state index in [4.69, 9.17) is 8.60 Å². The summed E-state index contributed by atoms with van der Waals surface area (Å²) in [6.45, 7) is 0. The third-order valence-corrected chi connectivity index (χ3v) is 11.4. The van der Waals surface area contributed by atoms with E-state index in [2.05, 4.69) is 27.8 Å². The first kappa shape index (κ1) is 36.0. The molecule has 0 radical (unpaired) electrons. The Morgan fingerprint density at radius 3 is 2.03 bits per heavy atom. The van der Waals surface area contributed by atoms with E-state index in [0.717, 1.165) is 49.7 Å². The summed E-state index contributed by atoms with van der Waals surface area (Å²) in [5, 5.41) is 2.97. The van der Waals surface area contributed by atoms with Crippen molar-refractivity contribution in [1.29, 1.82) is 0 Å². The lowest BCUT2D eigenvalue weighted by molar-refractivity contribution is -0.0500. The molecule has 0 aliphatic carbocycles. The highest BCUT2D eigenvalue weighted by Gasteiger charge is 2.48. The summed E-state index contributed by atoms with van der Waals surface area (Å²) in [6, 6.07) is 53.0. The van der Waals surface area contributed by atoms with E-state index in [1.165, 1.54) is 12.1 Å². The summed E-state index contributed by atoms with van der Waals surface area (Å²) < 4.78 is 80.3. The van der Waals surface area contributed by atoms with Crippen molar-refractivity contribution in [2.45, 2.75) is 5.51 Å². The molecule has 0 spiro atoms. The minimum Gasteiger partial charge on any atom is -0.454 e. The van der Waals surface area contributed by atoms with Crippen molar-refractivity contribution in [2.75, 3.05) is 4.90 Å².